The molecule has 1 aromatic rings. The van der Waals surface area contributed by atoms with Crippen LogP contribution in [0.25, 0.3) is 0 Å². The molecular weight excluding hydrogens is 385 g/mol. The van der Waals surface area contributed by atoms with Gasteiger partial charge >= 0.3 is 0 Å². The number of rotatable bonds is 3. The topological polar surface area (TPSA) is 76.7 Å². The number of methoxy groups -OCH3 is 1. The molecule has 0 bridgehead atoms. The molecule has 140 valence electrons. The highest BCUT2D eigenvalue weighted by atomic mass is 35.5. The maximum atomic E-state index is 12.4. The summed E-state index contributed by atoms with van der Waals surface area (Å²) in [6.45, 7) is 0. The molecule has 8 heteroatoms. The number of nitrogens with zero attached hydrogens (tertiary/aromatic N) is 1. The molecule has 0 spiro atoms. The average molecular weight is 409 g/mol. The molecule has 1 aliphatic rings. The van der Waals surface area contributed by atoms with Gasteiger partial charge in [0, 0.05) is 5.02 Å². The van der Waals surface area contributed by atoms with Crippen LogP contribution in [0, 0.1) is 0 Å². The molecule has 3 N–H and O–H groups in total. The minimum absolute atomic E-state index is 0. The Bertz CT molecular complexity index is 615. The van der Waals surface area contributed by atoms with E-state index < -0.39 is 5.91 Å². The first-order chi connectivity index (χ1) is 11.5. The van der Waals surface area contributed by atoms with Crippen molar-refractivity contribution in [1.82, 2.24) is 5.32 Å². The quantitative estimate of drug-likeness (QED) is 0.567. The Morgan fingerprint density at radius 3 is 2.40 bits per heavy atom. The van der Waals surface area contributed by atoms with Crippen molar-refractivity contribution < 1.29 is 9.53 Å². The fourth-order valence-electron chi connectivity index (χ4n) is 2.91. The summed E-state index contributed by atoms with van der Waals surface area (Å²) in [5.41, 5.74) is 6.14. The number of nitrogens with one attached hydrogen (secondary N) is 1. The first-order valence-electron chi connectivity index (χ1n) is 8.19. The third kappa shape index (κ3) is 6.57. The van der Waals surface area contributed by atoms with Crippen molar-refractivity contribution in [2.75, 3.05) is 7.11 Å². The third-order valence-electron chi connectivity index (χ3n) is 4.10. The van der Waals surface area contributed by atoms with Gasteiger partial charge in [0.1, 0.15) is 5.75 Å². The standard InChI is InChI=1S/C17H23Cl2N3O2.ClH/c1-24-15-13(9-11(18)10-14(15)19)16(23)22-17(20)21-12-7-5-3-2-4-6-8-12;/h9-10,12H,2-8H2,1H3,(H3,20,21,22,23);1H. The number of halogens is 3. The summed E-state index contributed by atoms with van der Waals surface area (Å²) in [5.74, 6) is -0.0654. The summed E-state index contributed by atoms with van der Waals surface area (Å²) >= 11 is 12.0. The summed E-state index contributed by atoms with van der Waals surface area (Å²) in [6, 6.07) is 3.17. The van der Waals surface area contributed by atoms with E-state index in [9.17, 15) is 4.79 Å². The molecule has 5 nitrogen and oxygen atoms in total. The summed E-state index contributed by atoms with van der Waals surface area (Å²) in [6.07, 6.45) is 8.05. The maximum absolute atomic E-state index is 12.4. The molecule has 25 heavy (non-hydrogen) atoms. The molecule has 1 fully saturated rings. The Labute approximate surface area is 164 Å². The number of hydrogen-bond donors (Lipinski definition) is 2. The Kier molecular flexibility index (Phi) is 9.39. The van der Waals surface area contributed by atoms with Crippen LogP contribution >= 0.6 is 35.6 Å². The molecule has 0 saturated heterocycles. The third-order valence-corrected chi connectivity index (χ3v) is 4.59. The van der Waals surface area contributed by atoms with Crippen LogP contribution < -0.4 is 15.8 Å². The zero-order valence-corrected chi connectivity index (χ0v) is 16.5. The number of hydrogen-bond acceptors (Lipinski definition) is 3. The molecule has 0 radical (unpaired) electrons. The van der Waals surface area contributed by atoms with Gasteiger partial charge in [-0.05, 0) is 25.0 Å². The molecule has 0 heterocycles. The molecule has 1 saturated carbocycles. The molecule has 1 aromatic carbocycles. The van der Waals surface area contributed by atoms with Crippen LogP contribution in [0.5, 0.6) is 5.75 Å². The number of carbonyl (C=O) groups excluding carboxylic acids is 1. The van der Waals surface area contributed by atoms with E-state index in [1.807, 2.05) is 0 Å². The van der Waals surface area contributed by atoms with Crippen LogP contribution in [0.2, 0.25) is 10.0 Å². The van der Waals surface area contributed by atoms with Gasteiger partial charge in [-0.1, -0.05) is 55.3 Å². The van der Waals surface area contributed by atoms with Crippen LogP contribution in [-0.2, 0) is 0 Å². The molecular formula is C17H24Cl3N3O2. The monoisotopic (exact) mass is 407 g/mol. The van der Waals surface area contributed by atoms with E-state index in [0.717, 1.165) is 25.7 Å². The van der Waals surface area contributed by atoms with Gasteiger partial charge in [0.15, 0.2) is 5.96 Å². The Hall–Kier alpha value is -1.17. The molecule has 1 amide bonds. The number of benzene rings is 1. The molecule has 2 rings (SSSR count). The number of aliphatic imine (C=N–C) groups is 1. The van der Waals surface area contributed by atoms with E-state index >= 15 is 0 Å². The second-order valence-corrected chi connectivity index (χ2v) is 6.78. The van der Waals surface area contributed by atoms with Crippen molar-refractivity contribution in [2.45, 2.75) is 51.0 Å². The number of ether oxygens (including phenoxy) is 1. The first kappa shape index (κ1) is 21.9. The van der Waals surface area contributed by atoms with Gasteiger partial charge < -0.3 is 10.5 Å². The van der Waals surface area contributed by atoms with Gasteiger partial charge in [0.25, 0.3) is 5.91 Å². The van der Waals surface area contributed by atoms with Gasteiger partial charge in [0.2, 0.25) is 0 Å². The second kappa shape index (κ2) is 10.7. The van der Waals surface area contributed by atoms with Crippen molar-refractivity contribution in [3.8, 4) is 5.75 Å². The van der Waals surface area contributed by atoms with Gasteiger partial charge in [-0.2, -0.15) is 0 Å². The highest BCUT2D eigenvalue weighted by molar-refractivity contribution is 6.36. The van der Waals surface area contributed by atoms with Gasteiger partial charge in [0.05, 0.1) is 23.7 Å². The fraction of sp³-hybridized carbons (Fsp3) is 0.529. The van der Waals surface area contributed by atoms with Gasteiger partial charge in [-0.3, -0.25) is 10.1 Å². The van der Waals surface area contributed by atoms with E-state index in [0.29, 0.717) is 5.02 Å². The minimum atomic E-state index is -0.441. The highest BCUT2D eigenvalue weighted by Gasteiger charge is 2.18. The largest absolute Gasteiger partial charge is 0.494 e. The second-order valence-electron chi connectivity index (χ2n) is 5.94. The number of amides is 1. The van der Waals surface area contributed by atoms with Crippen LogP contribution in [0.1, 0.15) is 55.3 Å². The van der Waals surface area contributed by atoms with Crippen LogP contribution in [-0.4, -0.2) is 25.0 Å². The van der Waals surface area contributed by atoms with Crippen LogP contribution in [0.15, 0.2) is 17.1 Å². The van der Waals surface area contributed by atoms with Crippen molar-refractivity contribution in [1.29, 1.82) is 0 Å². The van der Waals surface area contributed by atoms with Crippen molar-refractivity contribution in [2.24, 2.45) is 10.7 Å². The molecule has 0 aromatic heterocycles. The first-order valence-corrected chi connectivity index (χ1v) is 8.94. The van der Waals surface area contributed by atoms with Gasteiger partial charge in [-0.15, -0.1) is 12.4 Å². The van der Waals surface area contributed by atoms with Crippen molar-refractivity contribution in [3.05, 3.63) is 27.7 Å². The van der Waals surface area contributed by atoms with Gasteiger partial charge in [-0.25, -0.2) is 4.99 Å². The molecule has 0 aliphatic heterocycles. The Morgan fingerprint density at radius 1 is 1.20 bits per heavy atom. The smallest absolute Gasteiger partial charge is 0.261 e. The lowest BCUT2D eigenvalue weighted by molar-refractivity contribution is 0.0973. The summed E-state index contributed by atoms with van der Waals surface area (Å²) in [4.78, 5) is 16.9. The van der Waals surface area contributed by atoms with Crippen molar-refractivity contribution in [3.63, 3.8) is 0 Å². The van der Waals surface area contributed by atoms with Crippen LogP contribution in [0.3, 0.4) is 0 Å². The number of guanidine groups is 1. The van der Waals surface area contributed by atoms with E-state index in [4.69, 9.17) is 33.7 Å². The zero-order valence-electron chi connectivity index (χ0n) is 14.2. The minimum Gasteiger partial charge on any atom is -0.494 e. The zero-order chi connectivity index (χ0) is 17.5. The normalized spacial score (nSPS) is 16.4. The Balaban J connectivity index is 0.00000312. The summed E-state index contributed by atoms with van der Waals surface area (Å²) < 4.78 is 5.18. The van der Waals surface area contributed by atoms with E-state index in [-0.39, 0.29) is 40.7 Å². The lowest BCUT2D eigenvalue weighted by Crippen LogP contribution is -2.38. The predicted molar refractivity (Wildman–Crippen MR) is 105 cm³/mol. The molecule has 1 aliphatic carbocycles. The lowest BCUT2D eigenvalue weighted by Gasteiger charge is -2.17. The highest BCUT2D eigenvalue weighted by Crippen LogP contribution is 2.32. The summed E-state index contributed by atoms with van der Waals surface area (Å²) in [7, 11) is 1.44. The van der Waals surface area contributed by atoms with E-state index in [1.165, 1.54) is 38.5 Å². The summed E-state index contributed by atoms with van der Waals surface area (Å²) in [5, 5.41) is 3.22. The maximum Gasteiger partial charge on any atom is 0.261 e. The Morgan fingerprint density at radius 2 is 1.80 bits per heavy atom. The fourth-order valence-corrected chi connectivity index (χ4v) is 3.48. The van der Waals surface area contributed by atoms with Crippen LogP contribution in [0.4, 0.5) is 0 Å². The lowest BCUT2D eigenvalue weighted by atomic mass is 9.97. The molecule has 0 atom stereocenters. The SMILES string of the molecule is COc1c(Cl)cc(Cl)cc1C(=O)NC(N)=NC1CCCCCCC1.Cl. The predicted octanol–water partition coefficient (Wildman–Crippen LogP) is 4.58. The van der Waals surface area contributed by atoms with E-state index in [2.05, 4.69) is 10.3 Å². The van der Waals surface area contributed by atoms with E-state index in [1.54, 1.807) is 0 Å². The number of nitrogens with two attached hydrogens (primary N) is 1. The molecule has 0 unspecified atom stereocenters. The number of carbonyl (C=O) groups is 1. The van der Waals surface area contributed by atoms with Crippen molar-refractivity contribution >= 4 is 47.5 Å². The average Bonchev–Trinajstić information content (AvgIpc) is 2.49.